The molecule has 1 aromatic carbocycles. The van der Waals surface area contributed by atoms with E-state index >= 15 is 0 Å². The molecule has 1 amide bonds. The smallest absolute Gasteiger partial charge is 0.462 e. The number of halogens is 3. The molecule has 0 heterocycles. The van der Waals surface area contributed by atoms with Crippen LogP contribution in [-0.2, 0) is 9.53 Å². The van der Waals surface area contributed by atoms with Crippen molar-refractivity contribution in [2.75, 3.05) is 6.61 Å². The topological polar surface area (TPSA) is 88.4 Å². The Morgan fingerprint density at radius 1 is 1.22 bits per heavy atom. The van der Waals surface area contributed by atoms with Crippen LogP contribution in [0.3, 0.4) is 0 Å². The van der Waals surface area contributed by atoms with E-state index in [1.54, 1.807) is 0 Å². The van der Waals surface area contributed by atoms with E-state index in [0.29, 0.717) is 0 Å². The normalized spacial score (nSPS) is 16.9. The fourth-order valence-electron chi connectivity index (χ4n) is 2.72. The number of alkyl halides is 3. The number of ether oxygens (including phenoxy) is 2. The van der Waals surface area contributed by atoms with Crippen LogP contribution in [0, 0.1) is 17.2 Å². The Kier molecular flexibility index (Phi) is 6.31. The number of nitrogens with zero attached hydrogens (tertiary/aromatic N) is 1. The quantitative estimate of drug-likeness (QED) is 0.760. The van der Waals surface area contributed by atoms with Gasteiger partial charge in [0.2, 0.25) is 0 Å². The minimum Gasteiger partial charge on any atom is -0.462 e. The van der Waals surface area contributed by atoms with E-state index in [2.05, 4.69) is 10.1 Å². The molecule has 1 fully saturated rings. The van der Waals surface area contributed by atoms with Crippen LogP contribution >= 0.6 is 0 Å². The van der Waals surface area contributed by atoms with Gasteiger partial charge in [0.1, 0.15) is 12.4 Å². The first-order chi connectivity index (χ1) is 12.6. The Labute approximate surface area is 154 Å². The Balaban J connectivity index is 1.94. The number of nitriles is 1. The lowest BCUT2D eigenvalue weighted by molar-refractivity contribution is -0.274. The Morgan fingerprint density at radius 2 is 1.81 bits per heavy atom. The number of nitrogens with one attached hydrogen (secondary N) is 1. The summed E-state index contributed by atoms with van der Waals surface area (Å²) in [6, 6.07) is 6.14. The van der Waals surface area contributed by atoms with Gasteiger partial charge in [-0.05, 0) is 44.0 Å². The van der Waals surface area contributed by atoms with Gasteiger partial charge >= 0.3 is 12.3 Å². The van der Waals surface area contributed by atoms with Gasteiger partial charge in [0.15, 0.2) is 5.54 Å². The largest absolute Gasteiger partial charge is 0.573 e. The monoisotopic (exact) mass is 384 g/mol. The summed E-state index contributed by atoms with van der Waals surface area (Å²) in [6.45, 7) is 1.08. The molecule has 27 heavy (non-hydrogen) atoms. The van der Waals surface area contributed by atoms with Crippen molar-refractivity contribution in [2.24, 2.45) is 5.92 Å². The van der Waals surface area contributed by atoms with Crippen LogP contribution < -0.4 is 10.1 Å². The zero-order valence-corrected chi connectivity index (χ0v) is 14.6. The van der Waals surface area contributed by atoms with Crippen LogP contribution in [0.15, 0.2) is 24.3 Å². The Hall–Kier alpha value is -2.76. The summed E-state index contributed by atoms with van der Waals surface area (Å²) in [5.74, 6) is -1.72. The number of carbonyl (C=O) groups excluding carboxylic acids is 2. The van der Waals surface area contributed by atoms with Gasteiger partial charge in [0, 0.05) is 5.56 Å². The molecule has 0 spiro atoms. The molecule has 1 aliphatic carbocycles. The van der Waals surface area contributed by atoms with E-state index in [1.165, 1.54) is 6.92 Å². The number of amides is 1. The lowest BCUT2D eigenvalue weighted by atomic mass is 10.0. The van der Waals surface area contributed by atoms with Crippen molar-refractivity contribution in [2.45, 2.75) is 44.5 Å². The lowest BCUT2D eigenvalue weighted by Crippen LogP contribution is -2.49. The fourth-order valence-corrected chi connectivity index (χ4v) is 2.72. The molecular formula is C18H19F3N2O4. The molecule has 1 saturated carbocycles. The lowest BCUT2D eigenvalue weighted by Gasteiger charge is -2.23. The van der Waals surface area contributed by atoms with Gasteiger partial charge in [0.25, 0.3) is 5.91 Å². The summed E-state index contributed by atoms with van der Waals surface area (Å²) in [6.07, 6.45) is -1.41. The summed E-state index contributed by atoms with van der Waals surface area (Å²) < 4.78 is 45.4. The summed E-state index contributed by atoms with van der Waals surface area (Å²) >= 11 is 0. The molecule has 2 rings (SSSR count). The zero-order valence-electron chi connectivity index (χ0n) is 14.6. The van der Waals surface area contributed by atoms with Crippen molar-refractivity contribution in [3.63, 3.8) is 0 Å². The minimum atomic E-state index is -4.83. The fraction of sp³-hybridized carbons (Fsp3) is 0.500. The van der Waals surface area contributed by atoms with Gasteiger partial charge in [-0.3, -0.25) is 9.59 Å². The molecule has 1 aromatic rings. The number of hydrogen-bond acceptors (Lipinski definition) is 5. The van der Waals surface area contributed by atoms with Gasteiger partial charge < -0.3 is 14.8 Å². The van der Waals surface area contributed by atoms with E-state index < -0.39 is 29.5 Å². The number of carbonyl (C=O) groups is 2. The second-order valence-corrected chi connectivity index (χ2v) is 6.56. The van der Waals surface area contributed by atoms with Crippen molar-refractivity contribution in [3.8, 4) is 11.8 Å². The van der Waals surface area contributed by atoms with Crippen molar-refractivity contribution >= 4 is 11.9 Å². The second-order valence-electron chi connectivity index (χ2n) is 6.56. The van der Waals surface area contributed by atoms with Crippen LogP contribution in [0.25, 0.3) is 0 Å². The van der Waals surface area contributed by atoms with Crippen LogP contribution in [0.5, 0.6) is 5.75 Å². The van der Waals surface area contributed by atoms with E-state index in [9.17, 15) is 28.0 Å². The third-order valence-corrected chi connectivity index (χ3v) is 4.18. The van der Waals surface area contributed by atoms with Crippen LogP contribution in [0.2, 0.25) is 0 Å². The molecule has 0 saturated heterocycles. The highest BCUT2D eigenvalue weighted by Gasteiger charge is 2.32. The third kappa shape index (κ3) is 6.16. The minimum absolute atomic E-state index is 0.0353. The molecule has 6 nitrogen and oxygen atoms in total. The highest BCUT2D eigenvalue weighted by atomic mass is 19.4. The average Bonchev–Trinajstić information content (AvgIpc) is 3.13. The van der Waals surface area contributed by atoms with Gasteiger partial charge in [-0.1, -0.05) is 12.8 Å². The average molecular weight is 384 g/mol. The molecule has 1 aliphatic rings. The molecule has 0 aromatic heterocycles. The van der Waals surface area contributed by atoms with Crippen molar-refractivity contribution in [1.82, 2.24) is 5.32 Å². The zero-order chi connectivity index (χ0) is 20.1. The maximum absolute atomic E-state index is 12.3. The first kappa shape index (κ1) is 20.6. The number of hydrogen-bond donors (Lipinski definition) is 1. The van der Waals surface area contributed by atoms with Crippen molar-refractivity contribution in [1.29, 1.82) is 5.26 Å². The van der Waals surface area contributed by atoms with Crippen LogP contribution in [0.4, 0.5) is 13.2 Å². The number of rotatable bonds is 6. The first-order valence-corrected chi connectivity index (χ1v) is 8.38. The Bertz CT molecular complexity index is 722. The first-order valence-electron chi connectivity index (χ1n) is 8.38. The molecule has 0 bridgehead atoms. The van der Waals surface area contributed by atoms with Crippen LogP contribution in [-0.4, -0.2) is 30.4 Å². The maximum atomic E-state index is 12.3. The van der Waals surface area contributed by atoms with Crippen LogP contribution in [0.1, 0.15) is 43.0 Å². The van der Waals surface area contributed by atoms with Gasteiger partial charge in [-0.25, -0.2) is 0 Å². The SMILES string of the molecule is CC(C#N)(COC(=O)C1CCCC1)NC(=O)c1ccc(OC(F)(F)F)cc1. The van der Waals surface area contributed by atoms with E-state index in [4.69, 9.17) is 4.74 Å². The summed E-state index contributed by atoms with van der Waals surface area (Å²) in [4.78, 5) is 24.2. The third-order valence-electron chi connectivity index (χ3n) is 4.18. The van der Waals surface area contributed by atoms with Crippen molar-refractivity contribution < 1.29 is 32.2 Å². The molecule has 1 atom stereocenters. The predicted octanol–water partition coefficient (Wildman–Crippen LogP) is 3.33. The molecule has 0 aliphatic heterocycles. The second kappa shape index (κ2) is 8.29. The van der Waals surface area contributed by atoms with Gasteiger partial charge in [0.05, 0.1) is 12.0 Å². The highest BCUT2D eigenvalue weighted by Crippen LogP contribution is 2.26. The predicted molar refractivity (Wildman–Crippen MR) is 87.5 cm³/mol. The standard InChI is InChI=1S/C18H19F3N2O4/c1-17(10-22,11-26-16(25)13-4-2-3-5-13)23-15(24)12-6-8-14(9-7-12)27-18(19,20)21/h6-9,13H,2-5,11H2,1H3,(H,23,24). The Morgan fingerprint density at radius 3 is 2.33 bits per heavy atom. The summed E-state index contributed by atoms with van der Waals surface area (Å²) in [5, 5.41) is 11.8. The number of esters is 1. The summed E-state index contributed by atoms with van der Waals surface area (Å²) in [5.41, 5.74) is -1.43. The molecule has 9 heteroatoms. The maximum Gasteiger partial charge on any atom is 0.573 e. The van der Waals surface area contributed by atoms with E-state index in [1.807, 2.05) is 6.07 Å². The highest BCUT2D eigenvalue weighted by molar-refractivity contribution is 5.95. The van der Waals surface area contributed by atoms with Gasteiger partial charge in [-0.2, -0.15) is 5.26 Å². The molecule has 1 unspecified atom stereocenters. The molecular weight excluding hydrogens is 365 g/mol. The summed E-state index contributed by atoms with van der Waals surface area (Å²) in [7, 11) is 0. The molecule has 1 N–H and O–H groups in total. The number of benzene rings is 1. The van der Waals surface area contributed by atoms with E-state index in [0.717, 1.165) is 49.9 Å². The molecule has 0 radical (unpaired) electrons. The van der Waals surface area contributed by atoms with Crippen molar-refractivity contribution in [3.05, 3.63) is 29.8 Å². The van der Waals surface area contributed by atoms with E-state index in [-0.39, 0.29) is 18.1 Å². The van der Waals surface area contributed by atoms with Gasteiger partial charge in [-0.15, -0.1) is 13.2 Å². The molecule has 146 valence electrons.